The molecule has 18 heavy (non-hydrogen) atoms. The van der Waals surface area contributed by atoms with Crippen LogP contribution in [-0.4, -0.2) is 6.04 Å². The van der Waals surface area contributed by atoms with Gasteiger partial charge in [0.05, 0.1) is 6.26 Å². The Bertz CT molecular complexity index is 478. The van der Waals surface area contributed by atoms with Gasteiger partial charge in [-0.25, -0.2) is 4.39 Å². The van der Waals surface area contributed by atoms with Gasteiger partial charge < -0.3 is 9.73 Å². The fourth-order valence-electron chi connectivity index (χ4n) is 1.78. The molecule has 0 bridgehead atoms. The summed E-state index contributed by atoms with van der Waals surface area (Å²) >= 11 is 5.96. The standard InChI is InChI=1S/C14H15ClFNO/c1-10(8-11-4-3-7-18-11)17-9-12-13(15)5-2-6-14(12)16/h2-7,10,17H,8-9H2,1H3. The van der Waals surface area contributed by atoms with E-state index in [1.54, 1.807) is 18.4 Å². The maximum Gasteiger partial charge on any atom is 0.129 e. The molecule has 1 heterocycles. The average Bonchev–Trinajstić information content (AvgIpc) is 2.81. The molecule has 0 radical (unpaired) electrons. The summed E-state index contributed by atoms with van der Waals surface area (Å²) in [7, 11) is 0. The van der Waals surface area contributed by atoms with Crippen LogP contribution in [0.3, 0.4) is 0 Å². The molecule has 1 aromatic heterocycles. The topological polar surface area (TPSA) is 25.2 Å². The molecule has 1 unspecified atom stereocenters. The molecule has 96 valence electrons. The SMILES string of the molecule is CC(Cc1ccco1)NCc1c(F)cccc1Cl. The number of nitrogens with one attached hydrogen (secondary N) is 1. The number of rotatable bonds is 5. The van der Waals surface area contributed by atoms with E-state index in [9.17, 15) is 4.39 Å². The second-order valence-electron chi connectivity index (χ2n) is 4.27. The average molecular weight is 268 g/mol. The van der Waals surface area contributed by atoms with E-state index < -0.39 is 0 Å². The minimum atomic E-state index is -0.278. The van der Waals surface area contributed by atoms with Crippen molar-refractivity contribution in [3.05, 3.63) is 58.8 Å². The van der Waals surface area contributed by atoms with Crippen molar-refractivity contribution in [1.29, 1.82) is 0 Å². The van der Waals surface area contributed by atoms with Gasteiger partial charge >= 0.3 is 0 Å². The Kier molecular flexibility index (Phi) is 4.39. The van der Waals surface area contributed by atoms with Crippen LogP contribution in [0.15, 0.2) is 41.0 Å². The van der Waals surface area contributed by atoms with Gasteiger partial charge in [-0.1, -0.05) is 17.7 Å². The fraction of sp³-hybridized carbons (Fsp3) is 0.286. The lowest BCUT2D eigenvalue weighted by atomic mass is 10.1. The van der Waals surface area contributed by atoms with Crippen LogP contribution in [0.1, 0.15) is 18.2 Å². The molecule has 0 spiro atoms. The van der Waals surface area contributed by atoms with Crippen molar-refractivity contribution >= 4 is 11.6 Å². The molecule has 0 aliphatic heterocycles. The highest BCUT2D eigenvalue weighted by Crippen LogP contribution is 2.18. The highest BCUT2D eigenvalue weighted by Gasteiger charge is 2.09. The summed E-state index contributed by atoms with van der Waals surface area (Å²) in [5.41, 5.74) is 0.505. The molecule has 0 saturated heterocycles. The van der Waals surface area contributed by atoms with Gasteiger partial charge in [0.2, 0.25) is 0 Å². The van der Waals surface area contributed by atoms with Gasteiger partial charge in [0.25, 0.3) is 0 Å². The maximum atomic E-state index is 13.5. The molecule has 2 nitrogen and oxygen atoms in total. The van der Waals surface area contributed by atoms with Crippen molar-refractivity contribution < 1.29 is 8.81 Å². The van der Waals surface area contributed by atoms with E-state index in [-0.39, 0.29) is 11.9 Å². The summed E-state index contributed by atoms with van der Waals surface area (Å²) in [5, 5.41) is 3.69. The monoisotopic (exact) mass is 267 g/mol. The Morgan fingerprint density at radius 1 is 1.33 bits per heavy atom. The smallest absolute Gasteiger partial charge is 0.129 e. The van der Waals surface area contributed by atoms with E-state index in [4.69, 9.17) is 16.0 Å². The van der Waals surface area contributed by atoms with Crippen LogP contribution in [0.5, 0.6) is 0 Å². The lowest BCUT2D eigenvalue weighted by Crippen LogP contribution is -2.27. The molecular weight excluding hydrogens is 253 g/mol. The van der Waals surface area contributed by atoms with Gasteiger partial charge in [0.15, 0.2) is 0 Å². The van der Waals surface area contributed by atoms with E-state index in [1.165, 1.54) is 6.07 Å². The van der Waals surface area contributed by atoms with Crippen molar-refractivity contribution in [2.45, 2.75) is 25.9 Å². The van der Waals surface area contributed by atoms with Crippen LogP contribution < -0.4 is 5.32 Å². The van der Waals surface area contributed by atoms with E-state index >= 15 is 0 Å². The minimum Gasteiger partial charge on any atom is -0.469 e. The van der Waals surface area contributed by atoms with Crippen LogP contribution in [0.2, 0.25) is 5.02 Å². The zero-order valence-electron chi connectivity index (χ0n) is 10.1. The Morgan fingerprint density at radius 3 is 2.83 bits per heavy atom. The van der Waals surface area contributed by atoms with Gasteiger partial charge in [0, 0.05) is 29.6 Å². The van der Waals surface area contributed by atoms with Crippen molar-refractivity contribution in [2.75, 3.05) is 0 Å². The molecule has 4 heteroatoms. The molecule has 1 aromatic carbocycles. The van der Waals surface area contributed by atoms with E-state index in [0.717, 1.165) is 12.2 Å². The predicted octanol–water partition coefficient (Wildman–Crippen LogP) is 3.79. The Labute approximate surface area is 111 Å². The minimum absolute atomic E-state index is 0.187. The maximum absolute atomic E-state index is 13.5. The molecule has 0 amide bonds. The Morgan fingerprint density at radius 2 is 2.17 bits per heavy atom. The first-order valence-corrected chi connectivity index (χ1v) is 6.23. The van der Waals surface area contributed by atoms with Crippen LogP contribution >= 0.6 is 11.6 Å². The van der Waals surface area contributed by atoms with Gasteiger partial charge in [-0.05, 0) is 31.2 Å². The van der Waals surface area contributed by atoms with Gasteiger partial charge in [-0.3, -0.25) is 0 Å². The van der Waals surface area contributed by atoms with Crippen molar-refractivity contribution in [3.8, 4) is 0 Å². The molecule has 0 fully saturated rings. The van der Waals surface area contributed by atoms with Crippen LogP contribution in [0.4, 0.5) is 4.39 Å². The number of hydrogen-bond donors (Lipinski definition) is 1. The molecule has 2 aromatic rings. The Balaban J connectivity index is 1.91. The summed E-state index contributed by atoms with van der Waals surface area (Å²) in [6.45, 7) is 2.44. The van der Waals surface area contributed by atoms with Crippen molar-refractivity contribution in [3.63, 3.8) is 0 Å². The zero-order valence-corrected chi connectivity index (χ0v) is 10.9. The molecule has 0 aliphatic carbocycles. The van der Waals surface area contributed by atoms with Crippen molar-refractivity contribution in [1.82, 2.24) is 5.32 Å². The second-order valence-corrected chi connectivity index (χ2v) is 4.67. The summed E-state index contributed by atoms with van der Waals surface area (Å²) in [5.74, 6) is 0.634. The summed E-state index contributed by atoms with van der Waals surface area (Å²) in [6, 6.07) is 8.68. The van der Waals surface area contributed by atoms with E-state index in [2.05, 4.69) is 5.32 Å². The third kappa shape index (κ3) is 3.34. The second kappa shape index (κ2) is 6.03. The van der Waals surface area contributed by atoms with Crippen LogP contribution in [0.25, 0.3) is 0 Å². The first-order chi connectivity index (χ1) is 8.66. The normalized spacial score (nSPS) is 12.6. The van der Waals surface area contributed by atoms with E-state index in [1.807, 2.05) is 19.1 Å². The molecule has 1 atom stereocenters. The molecule has 0 saturated carbocycles. The number of hydrogen-bond acceptors (Lipinski definition) is 2. The third-order valence-corrected chi connectivity index (χ3v) is 3.13. The lowest BCUT2D eigenvalue weighted by Gasteiger charge is -2.13. The highest BCUT2D eigenvalue weighted by atomic mass is 35.5. The number of halogens is 2. The quantitative estimate of drug-likeness (QED) is 0.892. The molecular formula is C14H15ClFNO. The number of benzene rings is 1. The molecule has 0 aliphatic rings. The summed E-state index contributed by atoms with van der Waals surface area (Å²) in [4.78, 5) is 0. The zero-order chi connectivity index (χ0) is 13.0. The third-order valence-electron chi connectivity index (χ3n) is 2.78. The first-order valence-electron chi connectivity index (χ1n) is 5.85. The van der Waals surface area contributed by atoms with Gasteiger partial charge in [-0.15, -0.1) is 0 Å². The van der Waals surface area contributed by atoms with E-state index in [0.29, 0.717) is 17.1 Å². The summed E-state index contributed by atoms with van der Waals surface area (Å²) in [6.07, 6.45) is 2.41. The van der Waals surface area contributed by atoms with Gasteiger partial charge in [-0.2, -0.15) is 0 Å². The summed E-state index contributed by atoms with van der Waals surface area (Å²) < 4.78 is 18.8. The van der Waals surface area contributed by atoms with Crippen molar-refractivity contribution in [2.24, 2.45) is 0 Å². The first kappa shape index (κ1) is 13.1. The van der Waals surface area contributed by atoms with Crippen LogP contribution in [-0.2, 0) is 13.0 Å². The Hall–Kier alpha value is -1.32. The molecule has 2 rings (SSSR count). The predicted molar refractivity (Wildman–Crippen MR) is 70.1 cm³/mol. The number of furan rings is 1. The van der Waals surface area contributed by atoms with Gasteiger partial charge in [0.1, 0.15) is 11.6 Å². The fourth-order valence-corrected chi connectivity index (χ4v) is 2.01. The lowest BCUT2D eigenvalue weighted by molar-refractivity contribution is 0.453. The highest BCUT2D eigenvalue weighted by molar-refractivity contribution is 6.31. The largest absolute Gasteiger partial charge is 0.469 e. The van der Waals surface area contributed by atoms with Crippen LogP contribution in [0, 0.1) is 5.82 Å². The molecule has 1 N–H and O–H groups in total.